The number of anilines is 2. The highest BCUT2D eigenvalue weighted by molar-refractivity contribution is 7.92. The van der Waals surface area contributed by atoms with Crippen LogP contribution in [-0.4, -0.2) is 43.7 Å². The monoisotopic (exact) mass is 662 g/mol. The predicted molar refractivity (Wildman–Crippen MR) is 181 cm³/mol. The van der Waals surface area contributed by atoms with E-state index in [1.165, 1.54) is 12.1 Å². The summed E-state index contributed by atoms with van der Waals surface area (Å²) in [6.07, 6.45) is 2.23. The van der Waals surface area contributed by atoms with Gasteiger partial charge in [-0.25, -0.2) is 22.6 Å². The number of amides is 2. The number of thiazole rings is 1. The maximum Gasteiger partial charge on any atom is 0.323 e. The molecule has 0 bridgehead atoms. The minimum Gasteiger partial charge on any atom is -0.324 e. The summed E-state index contributed by atoms with van der Waals surface area (Å²) in [6.45, 7) is 0.808. The second-order valence-electron chi connectivity index (χ2n) is 10.6. The zero-order valence-corrected chi connectivity index (χ0v) is 26.9. The number of aromatic nitrogens is 1. The Balaban J connectivity index is 1.34. The van der Waals surface area contributed by atoms with Gasteiger partial charge in [0.1, 0.15) is 15.8 Å². The number of benzene rings is 4. The summed E-state index contributed by atoms with van der Waals surface area (Å²) in [5.41, 5.74) is 4.67. The van der Waals surface area contributed by atoms with Crippen LogP contribution in [0.4, 0.5) is 20.0 Å². The van der Waals surface area contributed by atoms with Gasteiger partial charge in [-0.1, -0.05) is 108 Å². The first-order valence-corrected chi connectivity index (χ1v) is 17.4. The smallest absolute Gasteiger partial charge is 0.323 e. The quantitative estimate of drug-likeness (QED) is 0.141. The van der Waals surface area contributed by atoms with Gasteiger partial charge in [0, 0.05) is 30.3 Å². The molecular formula is C34H32ClFN4O3S2. The fourth-order valence-electron chi connectivity index (χ4n) is 5.07. The first-order chi connectivity index (χ1) is 21.6. The van der Waals surface area contributed by atoms with Crippen molar-refractivity contribution in [2.45, 2.75) is 18.8 Å². The van der Waals surface area contributed by atoms with E-state index in [1.807, 2.05) is 42.5 Å². The molecule has 2 N–H and O–H groups in total. The topological polar surface area (TPSA) is 91.4 Å². The van der Waals surface area contributed by atoms with Crippen LogP contribution in [0.2, 0.25) is 4.34 Å². The Morgan fingerprint density at radius 2 is 1.56 bits per heavy atom. The Bertz CT molecular complexity index is 1800. The summed E-state index contributed by atoms with van der Waals surface area (Å²) in [5, 5.41) is 3.24. The molecule has 232 valence electrons. The van der Waals surface area contributed by atoms with Crippen molar-refractivity contribution in [3.63, 3.8) is 0 Å². The maximum atomic E-state index is 13.9. The zero-order valence-electron chi connectivity index (χ0n) is 24.5. The summed E-state index contributed by atoms with van der Waals surface area (Å²) in [5.74, 6) is -0.250. The molecule has 45 heavy (non-hydrogen) atoms. The minimum absolute atomic E-state index is 0.0675. The molecule has 11 heteroatoms. The van der Waals surface area contributed by atoms with Gasteiger partial charge in [-0.15, -0.1) is 0 Å². The number of hydrogen-bond acceptors (Lipinski definition) is 5. The molecule has 0 aliphatic carbocycles. The molecule has 5 rings (SSSR count). The molecule has 2 amide bonds. The number of urea groups is 1. The molecule has 0 radical (unpaired) electrons. The van der Waals surface area contributed by atoms with E-state index in [2.05, 4.69) is 39.3 Å². The number of rotatable bonds is 12. The van der Waals surface area contributed by atoms with Crippen molar-refractivity contribution in [2.24, 2.45) is 0 Å². The molecule has 0 spiro atoms. The molecule has 0 fully saturated rings. The van der Waals surface area contributed by atoms with Crippen LogP contribution in [-0.2, 0) is 16.4 Å². The van der Waals surface area contributed by atoms with Gasteiger partial charge in [-0.3, -0.25) is 10.0 Å². The number of carbonyl (C=O) groups is 1. The molecule has 7 nitrogen and oxygen atoms in total. The van der Waals surface area contributed by atoms with Crippen LogP contribution in [0.25, 0.3) is 11.3 Å². The van der Waals surface area contributed by atoms with E-state index in [9.17, 15) is 17.6 Å². The van der Waals surface area contributed by atoms with E-state index in [1.54, 1.807) is 35.2 Å². The second-order valence-corrected chi connectivity index (χ2v) is 13.9. The van der Waals surface area contributed by atoms with Crippen molar-refractivity contribution in [3.8, 4) is 11.3 Å². The van der Waals surface area contributed by atoms with Crippen LogP contribution < -0.4 is 10.0 Å². The molecule has 0 unspecified atom stereocenters. The summed E-state index contributed by atoms with van der Waals surface area (Å²) in [4.78, 5) is 20.0. The summed E-state index contributed by atoms with van der Waals surface area (Å²) in [6, 6.07) is 33.1. The minimum atomic E-state index is -3.41. The molecule has 1 aromatic heterocycles. The zero-order chi connectivity index (χ0) is 31.8. The fraction of sp³-hybridized carbons (Fsp3) is 0.176. The van der Waals surface area contributed by atoms with Crippen molar-refractivity contribution in [2.75, 3.05) is 29.4 Å². The van der Waals surface area contributed by atoms with Gasteiger partial charge in [-0.2, -0.15) is 0 Å². The van der Waals surface area contributed by atoms with Crippen molar-refractivity contribution in [1.29, 1.82) is 0 Å². The maximum absolute atomic E-state index is 13.9. The Hall–Kier alpha value is -4.25. The standard InChI is InChI=1S/C34H32ClFN4O3S2/c1-45(42,43)39-29-17-15-27(16-18-29)31-32(35)44-33(37-31)38-34(41)40(21-19-24-9-8-14-28(36)23-24)22-20-30(25-10-4-2-5-11-25)26-12-6-3-7-13-26/h2-18,23,30,39H,19-22H2,1H3,(H,37,38,41). The number of sulfonamides is 1. The van der Waals surface area contributed by atoms with Gasteiger partial charge in [0.05, 0.1) is 6.26 Å². The number of halogens is 2. The predicted octanol–water partition coefficient (Wildman–Crippen LogP) is 8.27. The van der Waals surface area contributed by atoms with E-state index in [0.29, 0.717) is 52.3 Å². The van der Waals surface area contributed by atoms with Gasteiger partial charge < -0.3 is 4.90 Å². The van der Waals surface area contributed by atoms with Crippen molar-refractivity contribution < 1.29 is 17.6 Å². The number of hydrogen-bond donors (Lipinski definition) is 2. The summed E-state index contributed by atoms with van der Waals surface area (Å²) < 4.78 is 39.8. The Morgan fingerprint density at radius 1 is 0.911 bits per heavy atom. The lowest BCUT2D eigenvalue weighted by atomic mass is 9.88. The highest BCUT2D eigenvalue weighted by Crippen LogP contribution is 2.36. The number of carbonyl (C=O) groups excluding carboxylic acids is 1. The van der Waals surface area contributed by atoms with E-state index < -0.39 is 10.0 Å². The van der Waals surface area contributed by atoms with E-state index in [4.69, 9.17) is 11.6 Å². The van der Waals surface area contributed by atoms with Crippen LogP contribution in [0.1, 0.15) is 29.0 Å². The van der Waals surface area contributed by atoms with Gasteiger partial charge >= 0.3 is 6.03 Å². The fourth-order valence-corrected chi connectivity index (χ4v) is 6.71. The van der Waals surface area contributed by atoms with E-state index >= 15 is 0 Å². The highest BCUT2D eigenvalue weighted by Gasteiger charge is 2.21. The summed E-state index contributed by atoms with van der Waals surface area (Å²) >= 11 is 7.67. The molecular weight excluding hydrogens is 631 g/mol. The third-order valence-electron chi connectivity index (χ3n) is 7.20. The lowest BCUT2D eigenvalue weighted by molar-refractivity contribution is 0.210. The largest absolute Gasteiger partial charge is 0.324 e. The number of nitrogens with one attached hydrogen (secondary N) is 2. The molecule has 0 aliphatic rings. The molecule has 0 saturated heterocycles. The Labute approximate surface area is 271 Å². The number of nitrogens with zero attached hydrogens (tertiary/aromatic N) is 2. The Morgan fingerprint density at radius 3 is 2.16 bits per heavy atom. The first kappa shape index (κ1) is 32.2. The van der Waals surface area contributed by atoms with Crippen molar-refractivity contribution >= 4 is 49.8 Å². The third kappa shape index (κ3) is 9.13. The van der Waals surface area contributed by atoms with Gasteiger partial charge in [0.25, 0.3) is 0 Å². The lowest BCUT2D eigenvalue weighted by Crippen LogP contribution is -2.38. The second kappa shape index (κ2) is 14.7. The molecule has 1 heterocycles. The third-order valence-corrected chi connectivity index (χ3v) is 8.98. The van der Waals surface area contributed by atoms with Crippen LogP contribution in [0.15, 0.2) is 109 Å². The van der Waals surface area contributed by atoms with E-state index in [0.717, 1.165) is 34.3 Å². The lowest BCUT2D eigenvalue weighted by Gasteiger charge is -2.26. The highest BCUT2D eigenvalue weighted by atomic mass is 35.5. The molecule has 5 aromatic rings. The Kier molecular flexibility index (Phi) is 10.5. The van der Waals surface area contributed by atoms with Crippen LogP contribution in [0, 0.1) is 5.82 Å². The average Bonchev–Trinajstić information content (AvgIpc) is 3.38. The molecule has 0 atom stereocenters. The van der Waals surface area contributed by atoms with Crippen LogP contribution >= 0.6 is 22.9 Å². The average molecular weight is 663 g/mol. The van der Waals surface area contributed by atoms with Crippen molar-refractivity contribution in [1.82, 2.24) is 9.88 Å². The van der Waals surface area contributed by atoms with Crippen LogP contribution in [0.3, 0.4) is 0 Å². The first-order valence-electron chi connectivity index (χ1n) is 14.3. The van der Waals surface area contributed by atoms with E-state index in [-0.39, 0.29) is 17.8 Å². The molecule has 4 aromatic carbocycles. The van der Waals surface area contributed by atoms with Gasteiger partial charge in [-0.05, 0) is 53.8 Å². The summed E-state index contributed by atoms with van der Waals surface area (Å²) in [7, 11) is -3.41. The van der Waals surface area contributed by atoms with Crippen LogP contribution in [0.5, 0.6) is 0 Å². The SMILES string of the molecule is CS(=O)(=O)Nc1ccc(-c2nc(NC(=O)N(CCc3cccc(F)c3)CCC(c3ccccc3)c3ccccc3)sc2Cl)cc1. The van der Waals surface area contributed by atoms with Crippen molar-refractivity contribution in [3.05, 3.63) is 136 Å². The normalized spacial score (nSPS) is 11.4. The molecule has 0 saturated carbocycles. The van der Waals surface area contributed by atoms with Gasteiger partial charge in [0.15, 0.2) is 5.13 Å². The molecule has 0 aliphatic heterocycles. The van der Waals surface area contributed by atoms with Gasteiger partial charge in [0.2, 0.25) is 10.0 Å².